The molecule has 1 aromatic carbocycles. The van der Waals surface area contributed by atoms with Crippen molar-refractivity contribution in [2.24, 2.45) is 0 Å². The van der Waals surface area contributed by atoms with Crippen molar-refractivity contribution in [1.29, 1.82) is 0 Å². The Labute approximate surface area is 106 Å². The molecular weight excluding hydrogens is 228 g/mol. The third-order valence-corrected chi connectivity index (χ3v) is 3.56. The van der Waals surface area contributed by atoms with E-state index in [1.165, 1.54) is 5.69 Å². The molecule has 5 heteroatoms. The van der Waals surface area contributed by atoms with Gasteiger partial charge in [-0.25, -0.2) is 4.98 Å². The van der Waals surface area contributed by atoms with Crippen molar-refractivity contribution < 1.29 is 5.11 Å². The number of hydrogen-bond donors (Lipinski definition) is 2. The molecule has 2 N–H and O–H groups in total. The Hall–Kier alpha value is -1.59. The predicted octanol–water partition coefficient (Wildman–Crippen LogP) is 0.677. The minimum absolute atomic E-state index is 0.245. The van der Waals surface area contributed by atoms with Gasteiger partial charge in [-0.3, -0.25) is 4.90 Å². The third-order valence-electron chi connectivity index (χ3n) is 3.56. The molecular formula is C13H18N4O. The topological polar surface area (TPSA) is 55.4 Å². The Bertz CT molecular complexity index is 516. The summed E-state index contributed by atoms with van der Waals surface area (Å²) in [5, 5.41) is 8.95. The molecule has 96 valence electrons. The quantitative estimate of drug-likeness (QED) is 0.836. The Morgan fingerprint density at radius 2 is 2.06 bits per heavy atom. The van der Waals surface area contributed by atoms with E-state index in [-0.39, 0.29) is 6.61 Å². The third kappa shape index (κ3) is 2.07. The summed E-state index contributed by atoms with van der Waals surface area (Å²) in [6, 6.07) is 6.24. The van der Waals surface area contributed by atoms with Gasteiger partial charge in [-0.1, -0.05) is 6.07 Å². The highest BCUT2D eigenvalue weighted by molar-refractivity contribution is 5.88. The standard InChI is InChI=1S/C13H18N4O/c18-9-8-16-4-6-17(7-5-16)12-3-1-2-11-13(12)15-10-14-11/h1-3,10,18H,4-9H2,(H,14,15). The van der Waals surface area contributed by atoms with Gasteiger partial charge >= 0.3 is 0 Å². The van der Waals surface area contributed by atoms with Crippen LogP contribution in [0.15, 0.2) is 24.5 Å². The number of para-hydroxylation sites is 1. The molecule has 1 saturated heterocycles. The summed E-state index contributed by atoms with van der Waals surface area (Å²) in [7, 11) is 0. The van der Waals surface area contributed by atoms with Gasteiger partial charge in [0.2, 0.25) is 0 Å². The maximum atomic E-state index is 8.95. The van der Waals surface area contributed by atoms with Gasteiger partial charge in [-0.2, -0.15) is 0 Å². The molecule has 18 heavy (non-hydrogen) atoms. The minimum Gasteiger partial charge on any atom is -0.395 e. The lowest BCUT2D eigenvalue weighted by molar-refractivity contribution is 0.189. The summed E-state index contributed by atoms with van der Waals surface area (Å²) in [6.45, 7) is 5.01. The van der Waals surface area contributed by atoms with Gasteiger partial charge < -0.3 is 15.0 Å². The van der Waals surface area contributed by atoms with Crippen LogP contribution in [0.5, 0.6) is 0 Å². The smallest absolute Gasteiger partial charge is 0.112 e. The first-order valence-corrected chi connectivity index (χ1v) is 6.39. The monoisotopic (exact) mass is 246 g/mol. The highest BCUT2D eigenvalue weighted by Crippen LogP contribution is 2.24. The zero-order valence-electron chi connectivity index (χ0n) is 10.3. The number of benzene rings is 1. The number of aromatic amines is 1. The van der Waals surface area contributed by atoms with Gasteiger partial charge in [-0.05, 0) is 12.1 Å². The lowest BCUT2D eigenvalue weighted by atomic mass is 10.2. The van der Waals surface area contributed by atoms with E-state index in [1.807, 2.05) is 6.07 Å². The van der Waals surface area contributed by atoms with Crippen LogP contribution in [0.25, 0.3) is 11.0 Å². The first-order chi connectivity index (χ1) is 8.88. The number of rotatable bonds is 3. The SMILES string of the molecule is OCCN1CCN(c2cccc3[nH]cnc23)CC1. The largest absolute Gasteiger partial charge is 0.395 e. The number of nitrogens with zero attached hydrogens (tertiary/aromatic N) is 3. The second kappa shape index (κ2) is 4.96. The van der Waals surface area contributed by atoms with Gasteiger partial charge in [-0.15, -0.1) is 0 Å². The Morgan fingerprint density at radius 1 is 1.22 bits per heavy atom. The number of piperazine rings is 1. The summed E-state index contributed by atoms with van der Waals surface area (Å²) in [5.41, 5.74) is 3.34. The fourth-order valence-corrected chi connectivity index (χ4v) is 2.56. The molecule has 0 unspecified atom stereocenters. The molecule has 0 amide bonds. The van der Waals surface area contributed by atoms with Gasteiger partial charge in [0.15, 0.2) is 0 Å². The van der Waals surface area contributed by atoms with E-state index in [0.29, 0.717) is 0 Å². The van der Waals surface area contributed by atoms with Crippen LogP contribution in [0.4, 0.5) is 5.69 Å². The summed E-state index contributed by atoms with van der Waals surface area (Å²) < 4.78 is 0. The lowest BCUT2D eigenvalue weighted by Crippen LogP contribution is -2.47. The van der Waals surface area contributed by atoms with Crippen molar-refractivity contribution in [3.8, 4) is 0 Å². The molecule has 1 fully saturated rings. The van der Waals surface area contributed by atoms with Crippen LogP contribution in [0, 0.1) is 0 Å². The lowest BCUT2D eigenvalue weighted by Gasteiger charge is -2.35. The van der Waals surface area contributed by atoms with Crippen molar-refractivity contribution in [2.75, 3.05) is 44.2 Å². The minimum atomic E-state index is 0.245. The maximum absolute atomic E-state index is 8.95. The van der Waals surface area contributed by atoms with E-state index in [9.17, 15) is 0 Å². The molecule has 0 radical (unpaired) electrons. The first kappa shape index (κ1) is 11.5. The molecule has 2 aromatic rings. The van der Waals surface area contributed by atoms with E-state index in [1.54, 1.807) is 6.33 Å². The molecule has 1 aromatic heterocycles. The van der Waals surface area contributed by atoms with Gasteiger partial charge in [0, 0.05) is 32.7 Å². The first-order valence-electron chi connectivity index (χ1n) is 6.39. The van der Waals surface area contributed by atoms with Gasteiger partial charge in [0.05, 0.1) is 24.1 Å². The van der Waals surface area contributed by atoms with E-state index >= 15 is 0 Å². The number of aliphatic hydroxyl groups excluding tert-OH is 1. The van der Waals surface area contributed by atoms with Crippen LogP contribution < -0.4 is 4.90 Å². The fraction of sp³-hybridized carbons (Fsp3) is 0.462. The molecule has 0 bridgehead atoms. The second-order valence-electron chi connectivity index (χ2n) is 4.63. The average Bonchev–Trinajstić information content (AvgIpc) is 2.88. The number of β-amino-alcohol motifs (C(OH)–C–C–N with tert-alkyl or cyclic N) is 1. The molecule has 0 aliphatic carbocycles. The van der Waals surface area contributed by atoms with Crippen LogP contribution in [-0.2, 0) is 0 Å². The van der Waals surface area contributed by atoms with Crippen molar-refractivity contribution in [3.63, 3.8) is 0 Å². The average molecular weight is 246 g/mol. The molecule has 0 spiro atoms. The van der Waals surface area contributed by atoms with Crippen LogP contribution in [0.3, 0.4) is 0 Å². The number of nitrogens with one attached hydrogen (secondary N) is 1. The van der Waals surface area contributed by atoms with Crippen molar-refractivity contribution >= 4 is 16.7 Å². The molecule has 2 heterocycles. The van der Waals surface area contributed by atoms with E-state index < -0.39 is 0 Å². The molecule has 5 nitrogen and oxygen atoms in total. The second-order valence-corrected chi connectivity index (χ2v) is 4.63. The summed E-state index contributed by atoms with van der Waals surface area (Å²) in [4.78, 5) is 12.2. The van der Waals surface area contributed by atoms with E-state index in [2.05, 4.69) is 31.9 Å². The van der Waals surface area contributed by atoms with Gasteiger partial charge in [0.1, 0.15) is 5.52 Å². The zero-order chi connectivity index (χ0) is 12.4. The number of aliphatic hydroxyl groups is 1. The molecule has 3 rings (SSSR count). The summed E-state index contributed by atoms with van der Waals surface area (Å²) in [6.07, 6.45) is 1.75. The van der Waals surface area contributed by atoms with Crippen LogP contribution in [0.1, 0.15) is 0 Å². The Balaban J connectivity index is 1.78. The van der Waals surface area contributed by atoms with Crippen molar-refractivity contribution in [1.82, 2.24) is 14.9 Å². The number of hydrogen-bond acceptors (Lipinski definition) is 4. The number of imidazole rings is 1. The van der Waals surface area contributed by atoms with Crippen LogP contribution in [0.2, 0.25) is 0 Å². The van der Waals surface area contributed by atoms with E-state index in [0.717, 1.165) is 43.8 Å². The van der Waals surface area contributed by atoms with Gasteiger partial charge in [0.25, 0.3) is 0 Å². The number of aromatic nitrogens is 2. The van der Waals surface area contributed by atoms with Crippen molar-refractivity contribution in [3.05, 3.63) is 24.5 Å². The van der Waals surface area contributed by atoms with E-state index in [4.69, 9.17) is 5.11 Å². The van der Waals surface area contributed by atoms with Crippen LogP contribution in [-0.4, -0.2) is 59.3 Å². The summed E-state index contributed by atoms with van der Waals surface area (Å²) >= 11 is 0. The maximum Gasteiger partial charge on any atom is 0.112 e. The predicted molar refractivity (Wildman–Crippen MR) is 71.8 cm³/mol. The molecule has 0 saturated carbocycles. The Kier molecular flexibility index (Phi) is 3.17. The van der Waals surface area contributed by atoms with Crippen LogP contribution >= 0.6 is 0 Å². The fourth-order valence-electron chi connectivity index (χ4n) is 2.56. The van der Waals surface area contributed by atoms with Crippen molar-refractivity contribution in [2.45, 2.75) is 0 Å². The highest BCUT2D eigenvalue weighted by Gasteiger charge is 2.18. The summed E-state index contributed by atoms with van der Waals surface area (Å²) in [5.74, 6) is 0. The zero-order valence-corrected chi connectivity index (χ0v) is 10.3. The number of anilines is 1. The normalized spacial score (nSPS) is 17.5. The number of fused-ring (bicyclic) bond motifs is 1. The Morgan fingerprint density at radius 3 is 2.83 bits per heavy atom. The number of H-pyrrole nitrogens is 1. The molecule has 1 aliphatic heterocycles. The highest BCUT2D eigenvalue weighted by atomic mass is 16.3. The molecule has 1 aliphatic rings. The molecule has 0 atom stereocenters.